The lowest BCUT2D eigenvalue weighted by Gasteiger charge is -2.19. The van der Waals surface area contributed by atoms with Gasteiger partial charge in [0.25, 0.3) is 0 Å². The van der Waals surface area contributed by atoms with E-state index in [0.29, 0.717) is 18.4 Å². The normalized spacial score (nSPS) is 30.7. The van der Waals surface area contributed by atoms with Gasteiger partial charge < -0.3 is 5.73 Å². The Labute approximate surface area is 116 Å². The number of nitrogens with two attached hydrogens (primary N) is 1. The van der Waals surface area contributed by atoms with Crippen molar-refractivity contribution in [1.82, 2.24) is 4.90 Å². The molecule has 0 radical (unpaired) electrons. The number of hydrogen-bond donors (Lipinski definition) is 1. The molecule has 110 valence electrons. The molecule has 1 aromatic rings. The van der Waals surface area contributed by atoms with Gasteiger partial charge in [0.1, 0.15) is 0 Å². The van der Waals surface area contributed by atoms with Crippen LogP contribution < -0.4 is 5.73 Å². The van der Waals surface area contributed by atoms with Gasteiger partial charge in [-0.1, -0.05) is 18.2 Å². The standard InChI is InChI=1S/C15H19F3N2/c16-15(17,18)12-3-1-2-10(6-12)7-20-8-11-4-5-14(19)13(11)9-20/h1-3,6,11,13-14H,4-5,7-9,19H2/t11-,13?,14-/m0/s1. The molecule has 1 saturated carbocycles. The van der Waals surface area contributed by atoms with E-state index in [-0.39, 0.29) is 6.04 Å². The van der Waals surface area contributed by atoms with Crippen LogP contribution in [-0.4, -0.2) is 24.0 Å². The molecular weight excluding hydrogens is 265 g/mol. The van der Waals surface area contributed by atoms with Crippen molar-refractivity contribution in [2.45, 2.75) is 31.6 Å². The van der Waals surface area contributed by atoms with E-state index in [1.165, 1.54) is 12.1 Å². The summed E-state index contributed by atoms with van der Waals surface area (Å²) in [4.78, 5) is 2.24. The van der Waals surface area contributed by atoms with Gasteiger partial charge in [0.2, 0.25) is 0 Å². The molecule has 1 aliphatic heterocycles. The molecule has 0 amide bonds. The molecule has 3 rings (SSSR count). The molecular formula is C15H19F3N2. The van der Waals surface area contributed by atoms with Crippen LogP contribution in [0.1, 0.15) is 24.0 Å². The van der Waals surface area contributed by atoms with Crippen LogP contribution in [0.3, 0.4) is 0 Å². The molecule has 5 heteroatoms. The lowest BCUT2D eigenvalue weighted by Crippen LogP contribution is -2.30. The highest BCUT2D eigenvalue weighted by Gasteiger charge is 2.40. The molecule has 1 heterocycles. The highest BCUT2D eigenvalue weighted by Crippen LogP contribution is 2.38. The van der Waals surface area contributed by atoms with Crippen LogP contribution in [0.25, 0.3) is 0 Å². The van der Waals surface area contributed by atoms with Gasteiger partial charge in [0.05, 0.1) is 5.56 Å². The lowest BCUT2D eigenvalue weighted by molar-refractivity contribution is -0.137. The van der Waals surface area contributed by atoms with Crippen molar-refractivity contribution in [3.63, 3.8) is 0 Å². The van der Waals surface area contributed by atoms with E-state index in [1.807, 2.05) is 0 Å². The van der Waals surface area contributed by atoms with Crippen LogP contribution in [-0.2, 0) is 12.7 Å². The van der Waals surface area contributed by atoms with E-state index in [1.54, 1.807) is 6.07 Å². The molecule has 0 aromatic heterocycles. The van der Waals surface area contributed by atoms with Gasteiger partial charge in [-0.05, 0) is 36.3 Å². The maximum atomic E-state index is 12.7. The van der Waals surface area contributed by atoms with Crippen LogP contribution in [0.2, 0.25) is 0 Å². The highest BCUT2D eigenvalue weighted by atomic mass is 19.4. The van der Waals surface area contributed by atoms with Crippen LogP contribution >= 0.6 is 0 Å². The van der Waals surface area contributed by atoms with Gasteiger partial charge in [-0.2, -0.15) is 13.2 Å². The Morgan fingerprint density at radius 2 is 2.00 bits per heavy atom. The Morgan fingerprint density at radius 3 is 2.70 bits per heavy atom. The molecule has 2 fully saturated rings. The van der Waals surface area contributed by atoms with Crippen molar-refractivity contribution >= 4 is 0 Å². The average Bonchev–Trinajstić information content (AvgIpc) is 2.91. The summed E-state index contributed by atoms with van der Waals surface area (Å²) in [6, 6.07) is 5.91. The quantitative estimate of drug-likeness (QED) is 0.905. The Balaban J connectivity index is 1.67. The Morgan fingerprint density at radius 1 is 1.20 bits per heavy atom. The predicted molar refractivity (Wildman–Crippen MR) is 70.9 cm³/mol. The molecule has 1 aliphatic carbocycles. The second kappa shape index (κ2) is 5.04. The first kappa shape index (κ1) is 13.9. The number of alkyl halides is 3. The van der Waals surface area contributed by atoms with E-state index in [2.05, 4.69) is 4.90 Å². The van der Waals surface area contributed by atoms with Gasteiger partial charge in [0.15, 0.2) is 0 Å². The number of fused-ring (bicyclic) bond motifs is 1. The Bertz CT molecular complexity index is 486. The SMILES string of the molecule is N[C@H]1CC[C@H]2CN(Cc3cccc(C(F)(F)F)c3)CC21. The van der Waals surface area contributed by atoms with Crippen LogP contribution in [0, 0.1) is 11.8 Å². The summed E-state index contributed by atoms with van der Waals surface area (Å²) in [5.74, 6) is 1.16. The monoisotopic (exact) mass is 284 g/mol. The van der Waals surface area contributed by atoms with Gasteiger partial charge in [0, 0.05) is 25.7 Å². The molecule has 20 heavy (non-hydrogen) atoms. The summed E-state index contributed by atoms with van der Waals surface area (Å²) >= 11 is 0. The molecule has 1 aromatic carbocycles. The number of nitrogens with zero attached hydrogens (tertiary/aromatic N) is 1. The van der Waals surface area contributed by atoms with Crippen molar-refractivity contribution < 1.29 is 13.2 Å². The second-order valence-electron chi connectivity index (χ2n) is 6.06. The van der Waals surface area contributed by atoms with Crippen LogP contribution in [0.15, 0.2) is 24.3 Å². The minimum absolute atomic E-state index is 0.270. The molecule has 2 nitrogen and oxygen atoms in total. The number of hydrogen-bond acceptors (Lipinski definition) is 2. The smallest absolute Gasteiger partial charge is 0.327 e. The number of benzene rings is 1. The third-order valence-corrected chi connectivity index (χ3v) is 4.65. The van der Waals surface area contributed by atoms with Gasteiger partial charge >= 0.3 is 6.18 Å². The van der Waals surface area contributed by atoms with Crippen molar-refractivity contribution in [2.75, 3.05) is 13.1 Å². The van der Waals surface area contributed by atoms with Gasteiger partial charge in [-0.15, -0.1) is 0 Å². The fourth-order valence-electron chi connectivity index (χ4n) is 3.63. The average molecular weight is 284 g/mol. The minimum Gasteiger partial charge on any atom is -0.327 e. The van der Waals surface area contributed by atoms with E-state index in [4.69, 9.17) is 5.73 Å². The molecule has 3 atom stereocenters. The van der Waals surface area contributed by atoms with Crippen molar-refractivity contribution in [2.24, 2.45) is 17.6 Å². The number of likely N-dealkylation sites (tertiary alicyclic amines) is 1. The zero-order chi connectivity index (χ0) is 14.3. The maximum absolute atomic E-state index is 12.7. The summed E-state index contributed by atoms with van der Waals surface area (Å²) in [5.41, 5.74) is 6.25. The second-order valence-corrected chi connectivity index (χ2v) is 6.06. The summed E-state index contributed by atoms with van der Waals surface area (Å²) in [5, 5.41) is 0. The number of halogens is 3. The molecule has 1 unspecified atom stereocenters. The Hall–Kier alpha value is -1.07. The topological polar surface area (TPSA) is 29.3 Å². The largest absolute Gasteiger partial charge is 0.416 e. The minimum atomic E-state index is -4.26. The first-order valence-electron chi connectivity index (χ1n) is 7.07. The van der Waals surface area contributed by atoms with Crippen LogP contribution in [0.5, 0.6) is 0 Å². The van der Waals surface area contributed by atoms with Crippen molar-refractivity contribution in [3.8, 4) is 0 Å². The van der Waals surface area contributed by atoms with Gasteiger partial charge in [-0.25, -0.2) is 0 Å². The maximum Gasteiger partial charge on any atom is 0.416 e. The molecule has 0 spiro atoms. The molecule has 1 saturated heterocycles. The van der Waals surface area contributed by atoms with E-state index < -0.39 is 11.7 Å². The molecule has 2 N–H and O–H groups in total. The first-order valence-corrected chi connectivity index (χ1v) is 7.07. The fraction of sp³-hybridized carbons (Fsp3) is 0.600. The third-order valence-electron chi connectivity index (χ3n) is 4.65. The predicted octanol–water partition coefficient (Wildman–Crippen LogP) is 2.87. The van der Waals surface area contributed by atoms with E-state index in [9.17, 15) is 13.2 Å². The zero-order valence-electron chi connectivity index (χ0n) is 11.2. The van der Waals surface area contributed by atoms with Crippen molar-refractivity contribution in [3.05, 3.63) is 35.4 Å². The van der Waals surface area contributed by atoms with E-state index >= 15 is 0 Å². The lowest BCUT2D eigenvalue weighted by atomic mass is 9.98. The summed E-state index contributed by atoms with van der Waals surface area (Å²) in [7, 11) is 0. The third kappa shape index (κ3) is 2.69. The Kier molecular flexibility index (Phi) is 3.50. The molecule has 2 aliphatic rings. The van der Waals surface area contributed by atoms with Crippen LogP contribution in [0.4, 0.5) is 13.2 Å². The first-order chi connectivity index (χ1) is 9.43. The summed E-state index contributed by atoms with van der Waals surface area (Å²) in [6.45, 7) is 2.47. The van der Waals surface area contributed by atoms with Gasteiger partial charge in [-0.3, -0.25) is 4.90 Å². The number of rotatable bonds is 2. The van der Waals surface area contributed by atoms with E-state index in [0.717, 1.165) is 37.6 Å². The fourth-order valence-corrected chi connectivity index (χ4v) is 3.63. The molecule has 0 bridgehead atoms. The zero-order valence-corrected chi connectivity index (χ0v) is 11.2. The highest BCUT2D eigenvalue weighted by molar-refractivity contribution is 5.25. The van der Waals surface area contributed by atoms with Crippen molar-refractivity contribution in [1.29, 1.82) is 0 Å². The summed E-state index contributed by atoms with van der Waals surface area (Å²) in [6.07, 6.45) is -2.02. The summed E-state index contributed by atoms with van der Waals surface area (Å²) < 4.78 is 38.1.